The molecule has 2 heterocycles. The zero-order valence-electron chi connectivity index (χ0n) is 17.0. The van der Waals surface area contributed by atoms with Gasteiger partial charge in [0, 0.05) is 23.6 Å². The van der Waals surface area contributed by atoms with Crippen molar-refractivity contribution < 1.29 is 24.5 Å². The van der Waals surface area contributed by atoms with E-state index in [1.54, 1.807) is 27.7 Å². The smallest absolute Gasteiger partial charge is 0.313 e. The Kier molecular flexibility index (Phi) is 5.74. The second-order valence-corrected chi connectivity index (χ2v) is 8.57. The first kappa shape index (κ1) is 20.7. The standard InChI is InChI=1S/C20H29N3O5/c1-10-15-16(23-9-22-10)14(7-21-15)13-6-12(17(24)18(13)25)8-27-11(2)28-19(26)20(3,4)5/h7,9,11-13,17-18,21,24-25H,6,8H2,1-5H3/t11?,12-,13+,17-,18+/m1/s1. The molecule has 1 fully saturated rings. The zero-order chi connectivity index (χ0) is 20.6. The molecule has 28 heavy (non-hydrogen) atoms. The van der Waals surface area contributed by atoms with Gasteiger partial charge in [0.1, 0.15) is 6.33 Å². The summed E-state index contributed by atoms with van der Waals surface area (Å²) in [7, 11) is 0. The van der Waals surface area contributed by atoms with Gasteiger partial charge in [-0.2, -0.15) is 0 Å². The van der Waals surface area contributed by atoms with Crippen LogP contribution >= 0.6 is 0 Å². The Balaban J connectivity index is 1.66. The highest BCUT2D eigenvalue weighted by Gasteiger charge is 2.43. The average Bonchev–Trinajstić information content (AvgIpc) is 3.16. The minimum absolute atomic E-state index is 0.184. The van der Waals surface area contributed by atoms with Crippen LogP contribution in [0.1, 0.15) is 51.3 Å². The number of ether oxygens (including phenoxy) is 2. The first-order valence-electron chi connectivity index (χ1n) is 9.57. The summed E-state index contributed by atoms with van der Waals surface area (Å²) in [6.07, 6.45) is 1.29. The second kappa shape index (κ2) is 7.77. The highest BCUT2D eigenvalue weighted by atomic mass is 16.7. The maximum atomic E-state index is 11.9. The summed E-state index contributed by atoms with van der Waals surface area (Å²) in [5.74, 6) is -0.888. The van der Waals surface area contributed by atoms with Crippen LogP contribution in [-0.4, -0.2) is 56.2 Å². The molecule has 5 atom stereocenters. The molecule has 0 amide bonds. The molecule has 0 aromatic carbocycles. The van der Waals surface area contributed by atoms with Crippen molar-refractivity contribution >= 4 is 17.0 Å². The lowest BCUT2D eigenvalue weighted by Crippen LogP contribution is -2.32. The zero-order valence-corrected chi connectivity index (χ0v) is 17.0. The van der Waals surface area contributed by atoms with Crippen LogP contribution < -0.4 is 0 Å². The summed E-state index contributed by atoms with van der Waals surface area (Å²) in [6, 6.07) is 0. The number of hydrogen-bond donors (Lipinski definition) is 3. The number of esters is 1. The van der Waals surface area contributed by atoms with E-state index in [-0.39, 0.29) is 24.4 Å². The van der Waals surface area contributed by atoms with Crippen LogP contribution in [-0.2, 0) is 14.3 Å². The predicted molar refractivity (Wildman–Crippen MR) is 102 cm³/mol. The van der Waals surface area contributed by atoms with Crippen LogP contribution in [0.15, 0.2) is 12.5 Å². The number of aliphatic hydroxyl groups is 2. The predicted octanol–water partition coefficient (Wildman–Crippen LogP) is 2.04. The number of aryl methyl sites for hydroxylation is 1. The highest BCUT2D eigenvalue weighted by Crippen LogP contribution is 2.41. The molecule has 1 unspecified atom stereocenters. The summed E-state index contributed by atoms with van der Waals surface area (Å²) in [6.45, 7) is 9.05. The molecule has 3 N–H and O–H groups in total. The molecule has 3 rings (SSSR count). The van der Waals surface area contributed by atoms with Crippen LogP contribution in [0.25, 0.3) is 11.0 Å². The van der Waals surface area contributed by atoms with Gasteiger partial charge in [-0.3, -0.25) is 4.79 Å². The maximum absolute atomic E-state index is 11.9. The molecule has 1 aliphatic carbocycles. The fourth-order valence-electron chi connectivity index (χ4n) is 3.59. The van der Waals surface area contributed by atoms with Crippen LogP contribution in [0, 0.1) is 18.3 Å². The Morgan fingerprint density at radius 1 is 1.32 bits per heavy atom. The van der Waals surface area contributed by atoms with Gasteiger partial charge in [-0.05, 0) is 41.0 Å². The second-order valence-electron chi connectivity index (χ2n) is 8.57. The van der Waals surface area contributed by atoms with Gasteiger partial charge >= 0.3 is 5.97 Å². The number of aromatic nitrogens is 3. The number of hydrogen-bond acceptors (Lipinski definition) is 7. The number of fused-ring (bicyclic) bond motifs is 1. The number of nitrogens with zero attached hydrogens (tertiary/aromatic N) is 2. The van der Waals surface area contributed by atoms with Gasteiger partial charge in [0.05, 0.1) is 41.0 Å². The van der Waals surface area contributed by atoms with Crippen LogP contribution in [0.3, 0.4) is 0 Å². The topological polar surface area (TPSA) is 118 Å². The fraction of sp³-hybridized carbons (Fsp3) is 0.650. The van der Waals surface area contributed by atoms with E-state index in [0.29, 0.717) is 6.42 Å². The van der Waals surface area contributed by atoms with E-state index < -0.39 is 23.9 Å². The van der Waals surface area contributed by atoms with Crippen molar-refractivity contribution in [1.29, 1.82) is 0 Å². The molecule has 0 spiro atoms. The third-order valence-corrected chi connectivity index (χ3v) is 5.31. The Labute approximate surface area is 164 Å². The van der Waals surface area contributed by atoms with Crippen LogP contribution in [0.4, 0.5) is 0 Å². The van der Waals surface area contributed by atoms with Crippen molar-refractivity contribution in [2.75, 3.05) is 6.61 Å². The van der Waals surface area contributed by atoms with E-state index in [4.69, 9.17) is 9.47 Å². The molecule has 0 saturated heterocycles. The van der Waals surface area contributed by atoms with Crippen molar-refractivity contribution in [2.24, 2.45) is 11.3 Å². The normalized spacial score (nSPS) is 26.5. The molecule has 0 radical (unpaired) electrons. The fourth-order valence-corrected chi connectivity index (χ4v) is 3.59. The Morgan fingerprint density at radius 3 is 2.71 bits per heavy atom. The van der Waals surface area contributed by atoms with E-state index in [2.05, 4.69) is 15.0 Å². The molecule has 2 aromatic heterocycles. The molecule has 8 heteroatoms. The maximum Gasteiger partial charge on any atom is 0.313 e. The number of rotatable bonds is 5. The largest absolute Gasteiger partial charge is 0.436 e. The number of aromatic amines is 1. The monoisotopic (exact) mass is 391 g/mol. The number of carbonyl (C=O) groups is 1. The third-order valence-electron chi connectivity index (χ3n) is 5.31. The lowest BCUT2D eigenvalue weighted by atomic mass is 9.96. The molecule has 0 bridgehead atoms. The van der Waals surface area contributed by atoms with Gasteiger partial charge < -0.3 is 24.7 Å². The van der Waals surface area contributed by atoms with Gasteiger partial charge in [-0.15, -0.1) is 0 Å². The lowest BCUT2D eigenvalue weighted by molar-refractivity contribution is -0.187. The van der Waals surface area contributed by atoms with Gasteiger partial charge in [0.2, 0.25) is 0 Å². The SMILES string of the molecule is Cc1ncnc2c([C@@H]3C[C@H](COC(C)OC(=O)C(C)(C)C)[C@@H](O)[C@H]3O)c[nH]c12. The van der Waals surface area contributed by atoms with E-state index in [0.717, 1.165) is 22.3 Å². The number of aliphatic hydroxyl groups excluding tert-OH is 2. The highest BCUT2D eigenvalue weighted by molar-refractivity contribution is 5.81. The summed E-state index contributed by atoms with van der Waals surface area (Å²) in [5, 5.41) is 21.1. The molecule has 154 valence electrons. The van der Waals surface area contributed by atoms with Crippen molar-refractivity contribution in [2.45, 2.75) is 65.5 Å². The third kappa shape index (κ3) is 4.04. The minimum atomic E-state index is -0.927. The number of carbonyl (C=O) groups excluding carboxylic acids is 1. The molecular weight excluding hydrogens is 362 g/mol. The van der Waals surface area contributed by atoms with Gasteiger partial charge in [-0.1, -0.05) is 0 Å². The first-order valence-corrected chi connectivity index (χ1v) is 9.57. The summed E-state index contributed by atoms with van der Waals surface area (Å²) in [4.78, 5) is 23.6. The lowest BCUT2D eigenvalue weighted by Gasteiger charge is -2.23. The average molecular weight is 391 g/mol. The summed E-state index contributed by atoms with van der Waals surface area (Å²) < 4.78 is 10.9. The quantitative estimate of drug-likeness (QED) is 0.527. The Hall–Kier alpha value is -2.03. The van der Waals surface area contributed by atoms with E-state index >= 15 is 0 Å². The molecule has 8 nitrogen and oxygen atoms in total. The van der Waals surface area contributed by atoms with Gasteiger partial charge in [0.15, 0.2) is 6.29 Å². The van der Waals surface area contributed by atoms with E-state index in [1.807, 2.05) is 13.1 Å². The van der Waals surface area contributed by atoms with Crippen molar-refractivity contribution in [1.82, 2.24) is 15.0 Å². The van der Waals surface area contributed by atoms with Crippen molar-refractivity contribution in [3.05, 3.63) is 23.8 Å². The minimum Gasteiger partial charge on any atom is -0.436 e. The number of H-pyrrole nitrogens is 1. The van der Waals surface area contributed by atoms with Crippen LogP contribution in [0.5, 0.6) is 0 Å². The Bertz CT molecular complexity index is 844. The molecular formula is C20H29N3O5. The molecule has 1 aliphatic rings. The van der Waals surface area contributed by atoms with Crippen LogP contribution in [0.2, 0.25) is 0 Å². The molecule has 1 saturated carbocycles. The van der Waals surface area contributed by atoms with E-state index in [1.165, 1.54) is 6.33 Å². The van der Waals surface area contributed by atoms with Gasteiger partial charge in [0.25, 0.3) is 0 Å². The molecule has 0 aliphatic heterocycles. The first-order chi connectivity index (χ1) is 13.1. The van der Waals surface area contributed by atoms with E-state index in [9.17, 15) is 15.0 Å². The number of nitrogens with one attached hydrogen (secondary N) is 1. The van der Waals surface area contributed by atoms with Crippen molar-refractivity contribution in [3.63, 3.8) is 0 Å². The van der Waals surface area contributed by atoms with Gasteiger partial charge in [-0.25, -0.2) is 9.97 Å². The van der Waals surface area contributed by atoms with Crippen molar-refractivity contribution in [3.8, 4) is 0 Å². The molecule has 2 aromatic rings. The summed E-state index contributed by atoms with van der Waals surface area (Å²) in [5.41, 5.74) is 2.68. The summed E-state index contributed by atoms with van der Waals surface area (Å²) >= 11 is 0. The Morgan fingerprint density at radius 2 is 2.04 bits per heavy atom.